The minimum atomic E-state index is 0.687. The normalized spacial score (nSPS) is 11.3. The molecule has 0 aliphatic heterocycles. The van der Waals surface area contributed by atoms with Gasteiger partial charge in [0.15, 0.2) is 0 Å². The van der Waals surface area contributed by atoms with Gasteiger partial charge in [0.25, 0.3) is 0 Å². The standard InChI is InChI=1S/C24H15ClO/c25-20-10-11-21-22-14-19(9-12-23(22)26-24(21)15-20)18-8-4-7-17(13-18)16-5-2-1-3-6-16/h1-15H. The average Bonchev–Trinajstić information content (AvgIpc) is 3.05. The van der Waals surface area contributed by atoms with Gasteiger partial charge in [-0.1, -0.05) is 66.2 Å². The van der Waals surface area contributed by atoms with E-state index in [1.54, 1.807) is 0 Å². The van der Waals surface area contributed by atoms with E-state index >= 15 is 0 Å². The molecule has 5 rings (SSSR count). The van der Waals surface area contributed by atoms with Crippen molar-refractivity contribution in [2.45, 2.75) is 0 Å². The molecule has 0 fully saturated rings. The van der Waals surface area contributed by atoms with Crippen LogP contribution < -0.4 is 0 Å². The van der Waals surface area contributed by atoms with Crippen molar-refractivity contribution in [1.82, 2.24) is 0 Å². The van der Waals surface area contributed by atoms with Gasteiger partial charge in [0, 0.05) is 21.9 Å². The maximum atomic E-state index is 6.09. The molecule has 26 heavy (non-hydrogen) atoms. The predicted molar refractivity (Wildman–Crippen MR) is 110 cm³/mol. The third-order valence-electron chi connectivity index (χ3n) is 4.74. The molecule has 0 radical (unpaired) electrons. The fourth-order valence-corrected chi connectivity index (χ4v) is 3.60. The number of hydrogen-bond donors (Lipinski definition) is 0. The van der Waals surface area contributed by atoms with Gasteiger partial charge >= 0.3 is 0 Å². The predicted octanol–water partition coefficient (Wildman–Crippen LogP) is 7.57. The van der Waals surface area contributed by atoms with Crippen molar-refractivity contribution in [2.24, 2.45) is 0 Å². The summed E-state index contributed by atoms with van der Waals surface area (Å²) >= 11 is 6.09. The highest BCUT2D eigenvalue weighted by atomic mass is 35.5. The van der Waals surface area contributed by atoms with E-state index in [-0.39, 0.29) is 0 Å². The largest absolute Gasteiger partial charge is 0.456 e. The van der Waals surface area contributed by atoms with Gasteiger partial charge in [0.05, 0.1) is 0 Å². The van der Waals surface area contributed by atoms with Crippen LogP contribution >= 0.6 is 11.6 Å². The number of benzene rings is 4. The van der Waals surface area contributed by atoms with Gasteiger partial charge in [-0.2, -0.15) is 0 Å². The lowest BCUT2D eigenvalue weighted by molar-refractivity contribution is 0.669. The molecular weight excluding hydrogens is 340 g/mol. The molecule has 0 N–H and O–H groups in total. The first-order valence-corrected chi connectivity index (χ1v) is 8.93. The zero-order chi connectivity index (χ0) is 17.5. The Bertz CT molecular complexity index is 1240. The fraction of sp³-hybridized carbons (Fsp3) is 0. The Labute approximate surface area is 156 Å². The van der Waals surface area contributed by atoms with Gasteiger partial charge in [-0.25, -0.2) is 0 Å². The molecule has 1 nitrogen and oxygen atoms in total. The Balaban J connectivity index is 1.66. The second-order valence-electron chi connectivity index (χ2n) is 6.40. The fourth-order valence-electron chi connectivity index (χ4n) is 3.44. The monoisotopic (exact) mass is 354 g/mol. The van der Waals surface area contributed by atoms with E-state index in [2.05, 4.69) is 60.7 Å². The molecule has 0 saturated heterocycles. The van der Waals surface area contributed by atoms with Crippen LogP contribution in [0, 0.1) is 0 Å². The summed E-state index contributed by atoms with van der Waals surface area (Å²) < 4.78 is 5.93. The second-order valence-corrected chi connectivity index (χ2v) is 6.84. The summed E-state index contributed by atoms with van der Waals surface area (Å²) in [7, 11) is 0. The van der Waals surface area contributed by atoms with E-state index in [1.165, 1.54) is 22.3 Å². The van der Waals surface area contributed by atoms with Crippen molar-refractivity contribution in [2.75, 3.05) is 0 Å². The van der Waals surface area contributed by atoms with Crippen molar-refractivity contribution >= 4 is 33.5 Å². The summed E-state index contributed by atoms with van der Waals surface area (Å²) in [6, 6.07) is 31.2. The molecule has 1 aromatic heterocycles. The lowest BCUT2D eigenvalue weighted by Gasteiger charge is -2.06. The molecule has 0 amide bonds. The van der Waals surface area contributed by atoms with E-state index in [4.69, 9.17) is 16.0 Å². The average molecular weight is 355 g/mol. The van der Waals surface area contributed by atoms with Crippen LogP contribution in [-0.4, -0.2) is 0 Å². The van der Waals surface area contributed by atoms with Crippen molar-refractivity contribution < 1.29 is 4.42 Å². The number of fused-ring (bicyclic) bond motifs is 3. The van der Waals surface area contributed by atoms with Crippen LogP contribution in [0.2, 0.25) is 5.02 Å². The number of rotatable bonds is 2. The first-order valence-electron chi connectivity index (χ1n) is 8.56. The Morgan fingerprint density at radius 2 is 1.23 bits per heavy atom. The molecule has 0 unspecified atom stereocenters. The summed E-state index contributed by atoms with van der Waals surface area (Å²) in [5, 5.41) is 2.89. The van der Waals surface area contributed by atoms with Gasteiger partial charge in [-0.05, 0) is 52.6 Å². The zero-order valence-corrected chi connectivity index (χ0v) is 14.7. The van der Waals surface area contributed by atoms with Crippen molar-refractivity contribution in [3.8, 4) is 22.3 Å². The Hall–Kier alpha value is -3.03. The van der Waals surface area contributed by atoms with Crippen LogP contribution in [0.3, 0.4) is 0 Å². The molecule has 5 aromatic rings. The van der Waals surface area contributed by atoms with Gasteiger partial charge in [-0.15, -0.1) is 0 Å². The molecule has 0 aliphatic carbocycles. The van der Waals surface area contributed by atoms with Crippen molar-refractivity contribution in [3.63, 3.8) is 0 Å². The van der Waals surface area contributed by atoms with Crippen LogP contribution in [0.1, 0.15) is 0 Å². The molecule has 0 bridgehead atoms. The molecule has 2 heteroatoms. The van der Waals surface area contributed by atoms with Gasteiger partial charge in [0.1, 0.15) is 11.2 Å². The lowest BCUT2D eigenvalue weighted by atomic mass is 9.98. The minimum absolute atomic E-state index is 0.687. The molecule has 124 valence electrons. The molecule has 1 heterocycles. The summed E-state index contributed by atoms with van der Waals surface area (Å²) in [5.41, 5.74) is 6.50. The minimum Gasteiger partial charge on any atom is -0.456 e. The van der Waals surface area contributed by atoms with Crippen molar-refractivity contribution in [3.05, 3.63) is 96.0 Å². The third kappa shape index (κ3) is 2.58. The Morgan fingerprint density at radius 1 is 0.500 bits per heavy atom. The molecule has 0 aliphatic rings. The summed E-state index contributed by atoms with van der Waals surface area (Å²) in [4.78, 5) is 0. The highest BCUT2D eigenvalue weighted by molar-refractivity contribution is 6.31. The zero-order valence-electron chi connectivity index (χ0n) is 13.9. The first-order chi connectivity index (χ1) is 12.8. The lowest BCUT2D eigenvalue weighted by Crippen LogP contribution is -1.81. The Kier molecular flexibility index (Phi) is 3.55. The van der Waals surface area contributed by atoms with Gasteiger partial charge in [-0.3, -0.25) is 0 Å². The van der Waals surface area contributed by atoms with E-state index in [0.29, 0.717) is 5.02 Å². The van der Waals surface area contributed by atoms with Crippen LogP contribution in [0.15, 0.2) is 95.4 Å². The highest BCUT2D eigenvalue weighted by Crippen LogP contribution is 2.34. The van der Waals surface area contributed by atoms with Gasteiger partial charge in [0.2, 0.25) is 0 Å². The maximum Gasteiger partial charge on any atom is 0.136 e. The van der Waals surface area contributed by atoms with E-state index < -0.39 is 0 Å². The van der Waals surface area contributed by atoms with E-state index in [9.17, 15) is 0 Å². The van der Waals surface area contributed by atoms with Crippen LogP contribution in [0.5, 0.6) is 0 Å². The highest BCUT2D eigenvalue weighted by Gasteiger charge is 2.09. The van der Waals surface area contributed by atoms with Crippen LogP contribution in [-0.2, 0) is 0 Å². The van der Waals surface area contributed by atoms with Crippen molar-refractivity contribution in [1.29, 1.82) is 0 Å². The number of halogens is 1. The summed E-state index contributed by atoms with van der Waals surface area (Å²) in [6.45, 7) is 0. The topological polar surface area (TPSA) is 13.1 Å². The van der Waals surface area contributed by atoms with Gasteiger partial charge < -0.3 is 4.42 Å². The number of hydrogen-bond acceptors (Lipinski definition) is 1. The van der Waals surface area contributed by atoms with Crippen LogP contribution in [0.25, 0.3) is 44.2 Å². The SMILES string of the molecule is Clc1ccc2c(c1)oc1ccc(-c3cccc(-c4ccccc4)c3)cc12. The maximum absolute atomic E-state index is 6.09. The molecule has 0 saturated carbocycles. The smallest absolute Gasteiger partial charge is 0.136 e. The quantitative estimate of drug-likeness (QED) is 0.318. The second kappa shape index (κ2) is 6.05. The molecular formula is C24H15ClO. The van der Waals surface area contributed by atoms with E-state index in [0.717, 1.165) is 21.9 Å². The molecule has 0 atom stereocenters. The molecule has 4 aromatic carbocycles. The Morgan fingerprint density at radius 3 is 2.08 bits per heavy atom. The van der Waals surface area contributed by atoms with E-state index in [1.807, 2.05) is 30.3 Å². The number of furan rings is 1. The molecule has 0 spiro atoms. The summed E-state index contributed by atoms with van der Waals surface area (Å²) in [5.74, 6) is 0. The first kappa shape index (κ1) is 15.2. The summed E-state index contributed by atoms with van der Waals surface area (Å²) in [6.07, 6.45) is 0. The van der Waals surface area contributed by atoms with Crippen LogP contribution in [0.4, 0.5) is 0 Å². The third-order valence-corrected chi connectivity index (χ3v) is 4.97.